The fourth-order valence-corrected chi connectivity index (χ4v) is 2.63. The Bertz CT molecular complexity index is 830. The molecule has 112 valence electrons. The zero-order chi connectivity index (χ0) is 15.1. The lowest BCUT2D eigenvalue weighted by atomic mass is 10.1. The van der Waals surface area contributed by atoms with Crippen LogP contribution < -0.4 is 10.1 Å². The van der Waals surface area contributed by atoms with Crippen LogP contribution in [0.3, 0.4) is 0 Å². The molecule has 0 spiro atoms. The normalized spacial score (nSPS) is 17.5. The summed E-state index contributed by atoms with van der Waals surface area (Å²) in [5.41, 5.74) is 3.53. The highest BCUT2D eigenvalue weighted by atomic mass is 19.1. The first-order valence-electron chi connectivity index (χ1n) is 7.00. The Morgan fingerprint density at radius 1 is 1.32 bits per heavy atom. The Morgan fingerprint density at radius 2 is 2.23 bits per heavy atom. The second-order valence-electron chi connectivity index (χ2n) is 5.12. The summed E-state index contributed by atoms with van der Waals surface area (Å²) in [5, 5.41) is 7.61. The average Bonchev–Trinajstić information content (AvgIpc) is 2.94. The lowest BCUT2D eigenvalue weighted by molar-refractivity contribution is 0.302. The van der Waals surface area contributed by atoms with E-state index in [0.717, 1.165) is 17.0 Å². The molecule has 4 rings (SSSR count). The fraction of sp³-hybridized carbons (Fsp3) is 0.267. The number of ether oxygens (including phenoxy) is 1. The largest absolute Gasteiger partial charge is 0.481 e. The van der Waals surface area contributed by atoms with Gasteiger partial charge >= 0.3 is 0 Å². The Balaban J connectivity index is 1.82. The van der Waals surface area contributed by atoms with Gasteiger partial charge in [0.25, 0.3) is 0 Å². The molecule has 0 saturated heterocycles. The number of fused-ring (bicyclic) bond motifs is 3. The van der Waals surface area contributed by atoms with Crippen molar-refractivity contribution in [3.63, 3.8) is 0 Å². The van der Waals surface area contributed by atoms with Crippen molar-refractivity contribution in [1.29, 1.82) is 0 Å². The molecule has 1 aliphatic rings. The number of pyridine rings is 1. The summed E-state index contributed by atoms with van der Waals surface area (Å²) < 4.78 is 20.7. The molecule has 6 nitrogen and oxygen atoms in total. The van der Waals surface area contributed by atoms with Crippen LogP contribution in [0.1, 0.15) is 17.6 Å². The molecule has 0 aromatic carbocycles. The maximum atomic E-state index is 13.9. The molecule has 22 heavy (non-hydrogen) atoms. The van der Waals surface area contributed by atoms with Crippen molar-refractivity contribution in [3.8, 4) is 17.1 Å². The van der Waals surface area contributed by atoms with E-state index in [-0.39, 0.29) is 0 Å². The van der Waals surface area contributed by atoms with E-state index in [1.165, 1.54) is 0 Å². The highest BCUT2D eigenvalue weighted by molar-refractivity contribution is 5.60. The number of hydrogen-bond donors (Lipinski definition) is 1. The highest BCUT2D eigenvalue weighted by Gasteiger charge is 2.25. The number of hydrogen-bond acceptors (Lipinski definition) is 5. The molecule has 0 fully saturated rings. The van der Waals surface area contributed by atoms with Gasteiger partial charge < -0.3 is 10.1 Å². The van der Waals surface area contributed by atoms with E-state index in [1.807, 2.05) is 18.2 Å². The van der Waals surface area contributed by atoms with Crippen molar-refractivity contribution in [1.82, 2.24) is 24.9 Å². The molecule has 1 atom stereocenters. The number of imidazole rings is 1. The number of rotatable bonds is 2. The first kappa shape index (κ1) is 13.1. The van der Waals surface area contributed by atoms with Gasteiger partial charge in [-0.15, -0.1) is 0 Å². The molecule has 0 amide bonds. The lowest BCUT2D eigenvalue weighted by Gasteiger charge is -2.15. The molecule has 3 aromatic heterocycles. The molecule has 1 N–H and O–H groups in total. The third kappa shape index (κ3) is 2.01. The van der Waals surface area contributed by atoms with E-state index in [0.29, 0.717) is 30.3 Å². The monoisotopic (exact) mass is 299 g/mol. The SMILES string of the molecule is COc1ccc(-c2ccc3nc4c(n3n2)CNCC4F)cn1. The third-order valence-electron chi connectivity index (χ3n) is 3.76. The second kappa shape index (κ2) is 5.03. The van der Waals surface area contributed by atoms with Gasteiger partial charge in [0.05, 0.1) is 18.5 Å². The Kier molecular flexibility index (Phi) is 3.00. The Hall–Kier alpha value is -2.54. The third-order valence-corrected chi connectivity index (χ3v) is 3.76. The minimum atomic E-state index is -1.09. The number of alkyl halides is 1. The summed E-state index contributed by atoms with van der Waals surface area (Å²) in [5.74, 6) is 0.550. The zero-order valence-corrected chi connectivity index (χ0v) is 12.0. The minimum Gasteiger partial charge on any atom is -0.481 e. The molecule has 1 aliphatic heterocycles. The molecule has 0 saturated carbocycles. The van der Waals surface area contributed by atoms with Crippen LogP contribution in [0.2, 0.25) is 0 Å². The summed E-state index contributed by atoms with van der Waals surface area (Å²) in [6, 6.07) is 7.37. The summed E-state index contributed by atoms with van der Waals surface area (Å²) >= 11 is 0. The molecular formula is C15H14FN5O. The van der Waals surface area contributed by atoms with Gasteiger partial charge in [0.1, 0.15) is 5.69 Å². The van der Waals surface area contributed by atoms with Crippen molar-refractivity contribution in [2.75, 3.05) is 13.7 Å². The van der Waals surface area contributed by atoms with Crippen LogP contribution in [-0.4, -0.2) is 33.2 Å². The van der Waals surface area contributed by atoms with Crippen molar-refractivity contribution in [3.05, 3.63) is 41.9 Å². The molecule has 0 bridgehead atoms. The van der Waals surface area contributed by atoms with Crippen LogP contribution in [0.5, 0.6) is 5.88 Å². The van der Waals surface area contributed by atoms with Crippen LogP contribution in [0.15, 0.2) is 30.5 Å². The zero-order valence-electron chi connectivity index (χ0n) is 12.0. The quantitative estimate of drug-likeness (QED) is 0.783. The predicted octanol–water partition coefficient (Wildman–Crippen LogP) is 1.91. The van der Waals surface area contributed by atoms with Crippen LogP contribution >= 0.6 is 0 Å². The summed E-state index contributed by atoms with van der Waals surface area (Å²) in [6.07, 6.45) is 0.614. The van der Waals surface area contributed by atoms with Gasteiger partial charge in [-0.3, -0.25) is 0 Å². The molecule has 3 aromatic rings. The fourth-order valence-electron chi connectivity index (χ4n) is 2.63. The standard InChI is InChI=1S/C15H14FN5O/c1-22-14-5-2-9(6-18-14)11-3-4-13-19-15-10(16)7-17-8-12(15)21(13)20-11/h2-6,10,17H,7-8H2,1H3. The number of nitrogens with zero attached hydrogens (tertiary/aromatic N) is 4. The minimum absolute atomic E-state index is 0.298. The summed E-state index contributed by atoms with van der Waals surface area (Å²) in [6.45, 7) is 0.861. The molecular weight excluding hydrogens is 285 g/mol. The molecule has 4 heterocycles. The van der Waals surface area contributed by atoms with Crippen LogP contribution in [0.4, 0.5) is 4.39 Å². The van der Waals surface area contributed by atoms with Gasteiger partial charge in [-0.2, -0.15) is 5.10 Å². The topological polar surface area (TPSA) is 64.3 Å². The predicted molar refractivity (Wildman–Crippen MR) is 78.3 cm³/mol. The molecule has 1 unspecified atom stereocenters. The lowest BCUT2D eigenvalue weighted by Crippen LogP contribution is -2.27. The Morgan fingerprint density at radius 3 is 3.00 bits per heavy atom. The van der Waals surface area contributed by atoms with Gasteiger partial charge in [-0.25, -0.2) is 18.9 Å². The van der Waals surface area contributed by atoms with E-state index >= 15 is 0 Å². The average molecular weight is 299 g/mol. The van der Waals surface area contributed by atoms with Crippen LogP contribution in [0.25, 0.3) is 16.9 Å². The summed E-state index contributed by atoms with van der Waals surface area (Å²) in [4.78, 5) is 8.53. The first-order chi connectivity index (χ1) is 10.8. The van der Waals surface area contributed by atoms with Gasteiger partial charge in [-0.05, 0) is 18.2 Å². The van der Waals surface area contributed by atoms with Crippen LogP contribution in [-0.2, 0) is 6.54 Å². The van der Waals surface area contributed by atoms with Gasteiger partial charge in [-0.1, -0.05) is 0 Å². The van der Waals surface area contributed by atoms with Crippen molar-refractivity contribution >= 4 is 5.65 Å². The number of halogens is 1. The maximum Gasteiger partial charge on any atom is 0.212 e. The van der Waals surface area contributed by atoms with E-state index in [2.05, 4.69) is 20.4 Å². The van der Waals surface area contributed by atoms with E-state index in [9.17, 15) is 4.39 Å². The van der Waals surface area contributed by atoms with E-state index < -0.39 is 6.17 Å². The molecule has 0 radical (unpaired) electrons. The van der Waals surface area contributed by atoms with Crippen LogP contribution in [0, 0.1) is 0 Å². The van der Waals surface area contributed by atoms with Crippen molar-refractivity contribution < 1.29 is 9.13 Å². The highest BCUT2D eigenvalue weighted by Crippen LogP contribution is 2.26. The molecule has 7 heteroatoms. The van der Waals surface area contributed by atoms with E-state index in [1.54, 1.807) is 23.9 Å². The Labute approximate surface area is 126 Å². The van der Waals surface area contributed by atoms with Gasteiger partial charge in [0.2, 0.25) is 5.88 Å². The second-order valence-corrected chi connectivity index (χ2v) is 5.12. The van der Waals surface area contributed by atoms with Gasteiger partial charge in [0.15, 0.2) is 11.8 Å². The maximum absolute atomic E-state index is 13.9. The summed E-state index contributed by atoms with van der Waals surface area (Å²) in [7, 11) is 1.57. The molecule has 0 aliphatic carbocycles. The number of nitrogens with one attached hydrogen (secondary N) is 1. The van der Waals surface area contributed by atoms with Crippen molar-refractivity contribution in [2.24, 2.45) is 0 Å². The number of aromatic nitrogens is 4. The van der Waals surface area contributed by atoms with Gasteiger partial charge in [0, 0.05) is 30.9 Å². The first-order valence-corrected chi connectivity index (χ1v) is 7.00. The van der Waals surface area contributed by atoms with E-state index in [4.69, 9.17) is 4.74 Å². The van der Waals surface area contributed by atoms with Crippen molar-refractivity contribution in [2.45, 2.75) is 12.7 Å². The smallest absolute Gasteiger partial charge is 0.212 e. The number of methoxy groups -OCH3 is 1.